The van der Waals surface area contributed by atoms with Crippen molar-refractivity contribution in [2.24, 2.45) is 5.41 Å². The van der Waals surface area contributed by atoms with Gasteiger partial charge in [-0.25, -0.2) is 0 Å². The lowest BCUT2D eigenvalue weighted by atomic mass is 9.78. The van der Waals surface area contributed by atoms with Crippen molar-refractivity contribution in [3.05, 3.63) is 12.2 Å². The summed E-state index contributed by atoms with van der Waals surface area (Å²) in [5, 5.41) is 0. The molecule has 1 saturated carbocycles. The normalized spacial score (nSPS) is 29.6. The molecule has 56 valence electrons. The van der Waals surface area contributed by atoms with E-state index in [0.29, 0.717) is 5.41 Å². The van der Waals surface area contributed by atoms with Gasteiger partial charge in [-0.15, -0.1) is 0 Å². The van der Waals surface area contributed by atoms with Gasteiger partial charge in [-0.05, 0) is 37.5 Å². The lowest BCUT2D eigenvalue weighted by molar-refractivity contribution is 0.339. The smallest absolute Gasteiger partial charge is 0.0118 e. The van der Waals surface area contributed by atoms with Crippen LogP contribution in [0.1, 0.15) is 44.9 Å². The number of rotatable bonds is 0. The molecule has 0 aromatic carbocycles. The molecule has 2 aliphatic carbocycles. The first-order chi connectivity index (χ1) is 4.91. The van der Waals surface area contributed by atoms with Gasteiger partial charge >= 0.3 is 0 Å². The molecule has 0 aliphatic heterocycles. The predicted molar refractivity (Wildman–Crippen MR) is 43.9 cm³/mol. The molecule has 0 nitrogen and oxygen atoms in total. The fourth-order valence-electron chi connectivity index (χ4n) is 2.48. The molecule has 0 aromatic heterocycles. The molecule has 0 aromatic rings. The van der Waals surface area contributed by atoms with E-state index >= 15 is 0 Å². The number of hydrogen-bond donors (Lipinski definition) is 0. The Kier molecular flexibility index (Phi) is 1.55. The van der Waals surface area contributed by atoms with Gasteiger partial charge in [0.25, 0.3) is 0 Å². The third-order valence-electron chi connectivity index (χ3n) is 3.12. The minimum absolute atomic E-state index is 0.693. The summed E-state index contributed by atoms with van der Waals surface area (Å²) >= 11 is 0. The van der Waals surface area contributed by atoms with Gasteiger partial charge in [-0.3, -0.25) is 0 Å². The first-order valence-corrected chi connectivity index (χ1v) is 4.59. The summed E-state index contributed by atoms with van der Waals surface area (Å²) in [6.07, 6.45) is 15.1. The van der Waals surface area contributed by atoms with E-state index < -0.39 is 0 Å². The van der Waals surface area contributed by atoms with Crippen LogP contribution in [0.4, 0.5) is 0 Å². The molecule has 0 bridgehead atoms. The van der Waals surface area contributed by atoms with Crippen molar-refractivity contribution in [3.63, 3.8) is 0 Å². The molecular weight excluding hydrogens is 120 g/mol. The molecule has 10 heavy (non-hydrogen) atoms. The van der Waals surface area contributed by atoms with Gasteiger partial charge in [-0.1, -0.05) is 25.0 Å². The first kappa shape index (κ1) is 6.45. The third-order valence-corrected chi connectivity index (χ3v) is 3.12. The Morgan fingerprint density at radius 3 is 2.20 bits per heavy atom. The standard InChI is InChI=1S/C10H16/c1-2-6-10(7-3-1)8-4-5-9-10/h2,6H,1,3-5,7-9H2. The quantitative estimate of drug-likeness (QED) is 0.448. The van der Waals surface area contributed by atoms with Gasteiger partial charge in [0, 0.05) is 0 Å². The lowest BCUT2D eigenvalue weighted by Crippen LogP contribution is -2.14. The van der Waals surface area contributed by atoms with E-state index in [9.17, 15) is 0 Å². The summed E-state index contributed by atoms with van der Waals surface area (Å²) < 4.78 is 0. The van der Waals surface area contributed by atoms with Gasteiger partial charge < -0.3 is 0 Å². The number of hydrogen-bond acceptors (Lipinski definition) is 0. The zero-order valence-corrected chi connectivity index (χ0v) is 6.60. The SMILES string of the molecule is C1=CC2(CCC1)CCCC2. The first-order valence-electron chi connectivity index (χ1n) is 4.59. The molecule has 1 fully saturated rings. The lowest BCUT2D eigenvalue weighted by Gasteiger charge is -2.27. The second-order valence-corrected chi connectivity index (χ2v) is 3.86. The van der Waals surface area contributed by atoms with E-state index in [1.165, 1.54) is 44.9 Å². The Balaban J connectivity index is 2.11. The molecule has 0 heterocycles. The summed E-state index contributed by atoms with van der Waals surface area (Å²) in [5.74, 6) is 0. The van der Waals surface area contributed by atoms with Gasteiger partial charge in [0.05, 0.1) is 0 Å². The van der Waals surface area contributed by atoms with Crippen LogP contribution in [-0.2, 0) is 0 Å². The van der Waals surface area contributed by atoms with Crippen molar-refractivity contribution in [2.75, 3.05) is 0 Å². The molecule has 1 spiro atoms. The van der Waals surface area contributed by atoms with Crippen LogP contribution in [0.2, 0.25) is 0 Å². The van der Waals surface area contributed by atoms with Gasteiger partial charge in [0.15, 0.2) is 0 Å². The highest BCUT2D eigenvalue weighted by molar-refractivity contribution is 5.05. The molecule has 2 aliphatic rings. The van der Waals surface area contributed by atoms with Crippen molar-refractivity contribution in [2.45, 2.75) is 44.9 Å². The Hall–Kier alpha value is -0.260. The van der Waals surface area contributed by atoms with Crippen LogP contribution in [0.25, 0.3) is 0 Å². The van der Waals surface area contributed by atoms with E-state index in [0.717, 1.165) is 0 Å². The summed E-state index contributed by atoms with van der Waals surface area (Å²) in [6, 6.07) is 0. The molecule has 0 atom stereocenters. The second kappa shape index (κ2) is 2.41. The minimum Gasteiger partial charge on any atom is -0.0880 e. The number of allylic oxidation sites excluding steroid dienone is 2. The van der Waals surface area contributed by atoms with Crippen LogP contribution in [0.15, 0.2) is 12.2 Å². The van der Waals surface area contributed by atoms with Gasteiger partial charge in [0.1, 0.15) is 0 Å². The summed E-state index contributed by atoms with van der Waals surface area (Å²) in [6.45, 7) is 0. The Labute approximate surface area is 63.3 Å². The van der Waals surface area contributed by atoms with E-state index in [2.05, 4.69) is 12.2 Å². The summed E-state index contributed by atoms with van der Waals surface area (Å²) in [7, 11) is 0. The van der Waals surface area contributed by atoms with Crippen molar-refractivity contribution >= 4 is 0 Å². The summed E-state index contributed by atoms with van der Waals surface area (Å²) in [5.41, 5.74) is 0.693. The molecule has 0 radical (unpaired) electrons. The zero-order chi connectivity index (χ0) is 6.86. The molecule has 0 N–H and O–H groups in total. The average molecular weight is 136 g/mol. The highest BCUT2D eigenvalue weighted by Crippen LogP contribution is 2.45. The Morgan fingerprint density at radius 1 is 0.900 bits per heavy atom. The largest absolute Gasteiger partial charge is 0.0880 e. The monoisotopic (exact) mass is 136 g/mol. The van der Waals surface area contributed by atoms with E-state index in [4.69, 9.17) is 0 Å². The fourth-order valence-corrected chi connectivity index (χ4v) is 2.48. The van der Waals surface area contributed by atoms with Crippen LogP contribution >= 0.6 is 0 Å². The van der Waals surface area contributed by atoms with E-state index in [-0.39, 0.29) is 0 Å². The summed E-state index contributed by atoms with van der Waals surface area (Å²) in [4.78, 5) is 0. The van der Waals surface area contributed by atoms with Crippen LogP contribution in [0.5, 0.6) is 0 Å². The van der Waals surface area contributed by atoms with Crippen molar-refractivity contribution < 1.29 is 0 Å². The Morgan fingerprint density at radius 2 is 1.60 bits per heavy atom. The predicted octanol–water partition coefficient (Wildman–Crippen LogP) is 3.29. The van der Waals surface area contributed by atoms with Crippen molar-refractivity contribution in [1.82, 2.24) is 0 Å². The maximum atomic E-state index is 2.50. The third kappa shape index (κ3) is 1.00. The second-order valence-electron chi connectivity index (χ2n) is 3.86. The van der Waals surface area contributed by atoms with Crippen molar-refractivity contribution in [3.8, 4) is 0 Å². The van der Waals surface area contributed by atoms with Crippen LogP contribution < -0.4 is 0 Å². The molecule has 0 unspecified atom stereocenters. The maximum absolute atomic E-state index is 2.50. The van der Waals surface area contributed by atoms with Crippen molar-refractivity contribution in [1.29, 1.82) is 0 Å². The molecule has 0 amide bonds. The van der Waals surface area contributed by atoms with Crippen LogP contribution in [0, 0.1) is 5.41 Å². The van der Waals surface area contributed by atoms with Crippen LogP contribution in [-0.4, -0.2) is 0 Å². The maximum Gasteiger partial charge on any atom is -0.0118 e. The molecule has 2 rings (SSSR count). The average Bonchev–Trinajstić information content (AvgIpc) is 2.39. The van der Waals surface area contributed by atoms with Crippen LogP contribution in [0.3, 0.4) is 0 Å². The van der Waals surface area contributed by atoms with Gasteiger partial charge in [0.2, 0.25) is 0 Å². The van der Waals surface area contributed by atoms with E-state index in [1.807, 2.05) is 0 Å². The zero-order valence-electron chi connectivity index (χ0n) is 6.60. The molecular formula is C10H16. The highest BCUT2D eigenvalue weighted by atomic mass is 14.4. The topological polar surface area (TPSA) is 0 Å². The Bertz CT molecular complexity index is 138. The van der Waals surface area contributed by atoms with Gasteiger partial charge in [-0.2, -0.15) is 0 Å². The minimum atomic E-state index is 0.693. The highest BCUT2D eigenvalue weighted by Gasteiger charge is 2.31. The molecule has 0 saturated heterocycles. The molecule has 0 heteroatoms. The van der Waals surface area contributed by atoms with E-state index in [1.54, 1.807) is 0 Å². The fraction of sp³-hybridized carbons (Fsp3) is 0.800.